The number of methoxy groups -OCH3 is 1. The first-order valence-electron chi connectivity index (χ1n) is 9.60. The molecule has 0 aliphatic carbocycles. The smallest absolute Gasteiger partial charge is 0.280 e. The summed E-state index contributed by atoms with van der Waals surface area (Å²) in [5, 5.41) is 9.69. The Labute approximate surface area is 194 Å². The third-order valence-corrected chi connectivity index (χ3v) is 7.07. The lowest BCUT2D eigenvalue weighted by atomic mass is 10.1. The van der Waals surface area contributed by atoms with Crippen molar-refractivity contribution in [3.05, 3.63) is 82.0 Å². The molecule has 0 amide bonds. The summed E-state index contributed by atoms with van der Waals surface area (Å²) in [5.41, 5.74) is 1.21. The van der Waals surface area contributed by atoms with Crippen molar-refractivity contribution in [2.45, 2.75) is 29.2 Å². The van der Waals surface area contributed by atoms with Gasteiger partial charge >= 0.3 is 0 Å². The maximum absolute atomic E-state index is 13.0. The van der Waals surface area contributed by atoms with Crippen molar-refractivity contribution in [1.29, 1.82) is 5.26 Å². The zero-order chi connectivity index (χ0) is 24.0. The summed E-state index contributed by atoms with van der Waals surface area (Å²) in [6.45, 7) is 1.61. The number of thioether (sulfide) groups is 1. The van der Waals surface area contributed by atoms with Crippen LogP contribution >= 0.6 is 11.8 Å². The van der Waals surface area contributed by atoms with Crippen LogP contribution in [0.4, 0.5) is 8.78 Å². The molecule has 170 valence electrons. The van der Waals surface area contributed by atoms with E-state index in [-0.39, 0.29) is 21.5 Å². The van der Waals surface area contributed by atoms with Crippen LogP contribution < -0.4 is 4.74 Å². The SMILES string of the molecule is COc1ccc(/C=C(/C#N)S(=O)(=O)c2ccccc2)cc1CSc1nc(C)cc(C(F)F)n1. The highest BCUT2D eigenvalue weighted by atomic mass is 32.2. The Bertz CT molecular complexity index is 1320. The van der Waals surface area contributed by atoms with Gasteiger partial charge in [0.25, 0.3) is 6.43 Å². The number of nitriles is 1. The van der Waals surface area contributed by atoms with E-state index in [0.717, 1.165) is 11.8 Å². The van der Waals surface area contributed by atoms with Crippen LogP contribution in [-0.4, -0.2) is 25.5 Å². The largest absolute Gasteiger partial charge is 0.496 e. The van der Waals surface area contributed by atoms with Gasteiger partial charge in [0.2, 0.25) is 9.84 Å². The van der Waals surface area contributed by atoms with Gasteiger partial charge < -0.3 is 4.74 Å². The van der Waals surface area contributed by atoms with Crippen LogP contribution in [0.2, 0.25) is 0 Å². The van der Waals surface area contributed by atoms with Crippen molar-refractivity contribution in [2.75, 3.05) is 7.11 Å². The maximum Gasteiger partial charge on any atom is 0.280 e. The molecule has 0 spiro atoms. The van der Waals surface area contributed by atoms with Crippen LogP contribution in [-0.2, 0) is 15.6 Å². The topological polar surface area (TPSA) is 92.9 Å². The van der Waals surface area contributed by atoms with Gasteiger partial charge in [-0.3, -0.25) is 0 Å². The lowest BCUT2D eigenvalue weighted by molar-refractivity contribution is 0.145. The van der Waals surface area contributed by atoms with E-state index < -0.39 is 21.2 Å². The summed E-state index contributed by atoms with van der Waals surface area (Å²) in [6, 6.07) is 15.6. The summed E-state index contributed by atoms with van der Waals surface area (Å²) in [7, 11) is -2.49. The number of halogens is 2. The van der Waals surface area contributed by atoms with Crippen LogP contribution in [0.15, 0.2) is 69.6 Å². The molecule has 33 heavy (non-hydrogen) atoms. The first-order chi connectivity index (χ1) is 15.7. The number of hydrogen-bond acceptors (Lipinski definition) is 7. The van der Waals surface area contributed by atoms with Gasteiger partial charge in [0.15, 0.2) is 5.16 Å². The molecule has 0 saturated heterocycles. The molecule has 1 aromatic heterocycles. The maximum atomic E-state index is 13.0. The van der Waals surface area contributed by atoms with Crippen LogP contribution in [0, 0.1) is 18.3 Å². The van der Waals surface area contributed by atoms with Gasteiger partial charge in [0.05, 0.1) is 12.0 Å². The van der Waals surface area contributed by atoms with Gasteiger partial charge in [-0.1, -0.05) is 36.0 Å². The first kappa shape index (κ1) is 24.4. The molecule has 0 radical (unpaired) electrons. The third kappa shape index (κ3) is 5.94. The van der Waals surface area contributed by atoms with Crippen molar-refractivity contribution >= 4 is 27.7 Å². The fourth-order valence-corrected chi connectivity index (χ4v) is 5.00. The Balaban J connectivity index is 1.92. The van der Waals surface area contributed by atoms with E-state index in [0.29, 0.717) is 22.6 Å². The van der Waals surface area contributed by atoms with Crippen LogP contribution in [0.1, 0.15) is 28.9 Å². The normalized spacial score (nSPS) is 11.9. The second-order valence-corrected chi connectivity index (χ2v) is 9.67. The van der Waals surface area contributed by atoms with E-state index in [1.165, 1.54) is 31.4 Å². The number of nitrogens with zero attached hydrogens (tertiary/aromatic N) is 3. The van der Waals surface area contributed by atoms with Crippen molar-refractivity contribution in [2.24, 2.45) is 0 Å². The molecule has 10 heteroatoms. The first-order valence-corrected chi connectivity index (χ1v) is 12.1. The summed E-state index contributed by atoms with van der Waals surface area (Å²) in [6.07, 6.45) is -1.42. The van der Waals surface area contributed by atoms with Gasteiger partial charge in [0.1, 0.15) is 22.4 Å². The fraction of sp³-hybridized carbons (Fsp3) is 0.174. The number of benzene rings is 2. The highest BCUT2D eigenvalue weighted by Crippen LogP contribution is 2.30. The second-order valence-electron chi connectivity index (χ2n) is 6.81. The van der Waals surface area contributed by atoms with E-state index in [1.807, 2.05) is 0 Å². The average Bonchev–Trinajstić information content (AvgIpc) is 2.81. The van der Waals surface area contributed by atoms with Crippen molar-refractivity contribution in [3.63, 3.8) is 0 Å². The molecule has 0 N–H and O–H groups in total. The van der Waals surface area contributed by atoms with E-state index in [4.69, 9.17) is 4.74 Å². The molecule has 0 fully saturated rings. The molecule has 0 atom stereocenters. The number of sulfone groups is 1. The van der Waals surface area contributed by atoms with Crippen molar-refractivity contribution < 1.29 is 21.9 Å². The number of aromatic nitrogens is 2. The number of aryl methyl sites for hydroxylation is 1. The van der Waals surface area contributed by atoms with Crippen LogP contribution in [0.25, 0.3) is 6.08 Å². The Hall–Kier alpha value is -3.29. The predicted molar refractivity (Wildman–Crippen MR) is 121 cm³/mol. The summed E-state index contributed by atoms with van der Waals surface area (Å²) in [5.74, 6) is 0.801. The Morgan fingerprint density at radius 2 is 1.91 bits per heavy atom. The minimum absolute atomic E-state index is 0.0218. The molecule has 1 heterocycles. The molecule has 0 bridgehead atoms. The van der Waals surface area contributed by atoms with Gasteiger partial charge in [-0.25, -0.2) is 27.2 Å². The number of hydrogen-bond donors (Lipinski definition) is 0. The average molecular weight is 488 g/mol. The zero-order valence-electron chi connectivity index (χ0n) is 17.7. The van der Waals surface area contributed by atoms with E-state index in [1.54, 1.807) is 49.4 Å². The molecule has 0 aliphatic rings. The van der Waals surface area contributed by atoms with Crippen LogP contribution in [0.3, 0.4) is 0 Å². The Morgan fingerprint density at radius 3 is 2.55 bits per heavy atom. The predicted octanol–water partition coefficient (Wildman–Crippen LogP) is 5.36. The lowest BCUT2D eigenvalue weighted by Crippen LogP contribution is -2.03. The highest BCUT2D eigenvalue weighted by molar-refractivity contribution is 7.98. The number of alkyl halides is 2. The van der Waals surface area contributed by atoms with Crippen molar-refractivity contribution in [3.8, 4) is 11.8 Å². The van der Waals surface area contributed by atoms with Crippen molar-refractivity contribution in [1.82, 2.24) is 9.97 Å². The molecule has 6 nitrogen and oxygen atoms in total. The summed E-state index contributed by atoms with van der Waals surface area (Å²) in [4.78, 5) is 7.68. The quantitative estimate of drug-likeness (QED) is 0.240. The van der Waals surface area contributed by atoms with E-state index in [9.17, 15) is 22.5 Å². The molecular weight excluding hydrogens is 468 g/mol. The highest BCUT2D eigenvalue weighted by Gasteiger charge is 2.20. The van der Waals surface area contributed by atoms with Gasteiger partial charge in [-0.2, -0.15) is 5.26 Å². The number of allylic oxidation sites excluding steroid dienone is 1. The van der Waals surface area contributed by atoms with Crippen LogP contribution in [0.5, 0.6) is 5.75 Å². The zero-order valence-corrected chi connectivity index (χ0v) is 19.3. The molecule has 3 rings (SSSR count). The number of ether oxygens (including phenoxy) is 1. The van der Waals surface area contributed by atoms with Gasteiger partial charge in [0, 0.05) is 17.0 Å². The molecule has 0 aliphatic heterocycles. The van der Waals surface area contributed by atoms with Gasteiger partial charge in [-0.05, 0) is 48.9 Å². The van der Waals surface area contributed by atoms with E-state index in [2.05, 4.69) is 9.97 Å². The molecule has 3 aromatic rings. The molecule has 0 saturated carbocycles. The minimum Gasteiger partial charge on any atom is -0.496 e. The lowest BCUT2D eigenvalue weighted by Gasteiger charge is -2.10. The Morgan fingerprint density at radius 1 is 1.18 bits per heavy atom. The standard InChI is InChI=1S/C23H19F2N3O3S2/c1-15-10-20(22(24)25)28-23(27-15)32-14-17-11-16(8-9-21(17)31-2)12-19(13-26)33(29,30)18-6-4-3-5-7-18/h3-12,22H,14H2,1-2H3/b19-12-. The molecular formula is C23H19F2N3O3S2. The number of rotatable bonds is 8. The molecule has 2 aromatic carbocycles. The minimum atomic E-state index is -3.98. The monoisotopic (exact) mass is 487 g/mol. The summed E-state index contributed by atoms with van der Waals surface area (Å²) < 4.78 is 57.0. The molecule has 0 unspecified atom stereocenters. The Kier molecular flexibility index (Phi) is 7.79. The van der Waals surface area contributed by atoms with Gasteiger partial charge in [-0.15, -0.1) is 0 Å². The summed E-state index contributed by atoms with van der Waals surface area (Å²) >= 11 is 1.15. The fourth-order valence-electron chi connectivity index (χ4n) is 2.93. The second kappa shape index (κ2) is 10.6. The van der Waals surface area contributed by atoms with E-state index >= 15 is 0 Å². The third-order valence-electron chi connectivity index (χ3n) is 4.49.